The van der Waals surface area contributed by atoms with E-state index in [4.69, 9.17) is 15.6 Å². The number of nitrogens with one attached hydrogen (secondary N) is 2. The molecule has 3 heterocycles. The summed E-state index contributed by atoms with van der Waals surface area (Å²) in [5, 5.41) is 11.9. The van der Waals surface area contributed by atoms with Gasteiger partial charge in [-0.1, -0.05) is 31.7 Å². The largest absolute Gasteiger partial charge is 0.455 e. The maximum Gasteiger partial charge on any atom is 0.247 e. The van der Waals surface area contributed by atoms with Crippen LogP contribution >= 0.6 is 0 Å². The molecule has 0 bridgehead atoms. The number of piperidine rings is 1. The Labute approximate surface area is 304 Å². The molecule has 11 nitrogen and oxygen atoms in total. The van der Waals surface area contributed by atoms with E-state index in [9.17, 15) is 9.59 Å². The van der Waals surface area contributed by atoms with Gasteiger partial charge in [0.15, 0.2) is 11.4 Å². The van der Waals surface area contributed by atoms with Gasteiger partial charge in [-0.05, 0) is 116 Å². The molecule has 2 aromatic heterocycles. The number of carbonyl (C=O) groups is 2. The van der Waals surface area contributed by atoms with Crippen molar-refractivity contribution in [2.75, 3.05) is 37.2 Å². The first kappa shape index (κ1) is 33.1. The van der Waals surface area contributed by atoms with Gasteiger partial charge < -0.3 is 26.0 Å². The minimum absolute atomic E-state index is 0.0758. The van der Waals surface area contributed by atoms with Crippen molar-refractivity contribution in [1.29, 1.82) is 0 Å². The van der Waals surface area contributed by atoms with Crippen molar-refractivity contribution in [3.63, 3.8) is 0 Å². The highest BCUT2D eigenvalue weighted by Gasteiger charge is 2.86. The van der Waals surface area contributed by atoms with Crippen LogP contribution in [-0.2, 0) is 9.59 Å². The molecule has 1 saturated heterocycles. The molecule has 52 heavy (non-hydrogen) atoms. The van der Waals surface area contributed by atoms with Gasteiger partial charge in [0.05, 0.1) is 17.1 Å². The van der Waals surface area contributed by atoms with E-state index in [0.717, 1.165) is 67.6 Å². The lowest BCUT2D eigenvalue weighted by Crippen LogP contribution is -2.85. The number of carbonyl (C=O) groups excluding carboxylic acids is 2. The van der Waals surface area contributed by atoms with Crippen LogP contribution in [0.25, 0.3) is 22.3 Å². The Morgan fingerprint density at radius 1 is 1.08 bits per heavy atom. The van der Waals surface area contributed by atoms with Crippen molar-refractivity contribution in [2.24, 2.45) is 34.5 Å². The van der Waals surface area contributed by atoms with Crippen LogP contribution in [0.2, 0.25) is 0 Å². The van der Waals surface area contributed by atoms with E-state index in [-0.39, 0.29) is 23.8 Å². The maximum absolute atomic E-state index is 13.0. The summed E-state index contributed by atoms with van der Waals surface area (Å²) in [7, 11) is 0. The Balaban J connectivity index is 0.831. The van der Waals surface area contributed by atoms with Gasteiger partial charge in [-0.15, -0.1) is 0 Å². The van der Waals surface area contributed by atoms with Gasteiger partial charge in [0.1, 0.15) is 23.6 Å². The lowest BCUT2D eigenvalue weighted by atomic mass is 9.13. The zero-order chi connectivity index (χ0) is 35.6. The molecule has 4 saturated carbocycles. The lowest BCUT2D eigenvalue weighted by molar-refractivity contribution is -0.433. The average molecular weight is 701 g/mol. The van der Waals surface area contributed by atoms with E-state index in [0.29, 0.717) is 51.7 Å². The number of nitrogens with zero attached hydrogens (tertiary/aromatic N) is 5. The molecule has 1 aliphatic heterocycles. The fourth-order valence-corrected chi connectivity index (χ4v) is 11.2. The van der Waals surface area contributed by atoms with Gasteiger partial charge in [-0.25, -0.2) is 14.6 Å². The topological polar surface area (TPSA) is 140 Å². The second-order valence-electron chi connectivity index (χ2n) is 16.1. The number of ether oxygens (including phenoxy) is 1. The second kappa shape index (κ2) is 12.7. The highest BCUT2D eigenvalue weighted by molar-refractivity contribution is 6.02. The summed E-state index contributed by atoms with van der Waals surface area (Å²) in [6.07, 6.45) is 12.6. The van der Waals surface area contributed by atoms with Crippen LogP contribution in [0, 0.1) is 34.5 Å². The van der Waals surface area contributed by atoms with E-state index in [2.05, 4.69) is 39.0 Å². The van der Waals surface area contributed by atoms with Gasteiger partial charge in [0.25, 0.3) is 0 Å². The Kier molecular flexibility index (Phi) is 8.09. The van der Waals surface area contributed by atoms with Crippen LogP contribution in [-0.4, -0.2) is 62.6 Å². The van der Waals surface area contributed by atoms with Crippen molar-refractivity contribution in [3.8, 4) is 22.8 Å². The molecule has 4 N–H and O–H groups in total. The number of rotatable bonds is 13. The fraction of sp³-hybridized carbons (Fsp3) is 0.488. The lowest BCUT2D eigenvalue weighted by Gasteiger charge is -2.92. The third-order valence-electron chi connectivity index (χ3n) is 13.7. The van der Waals surface area contributed by atoms with E-state index in [1.54, 1.807) is 0 Å². The SMILES string of the molecule is C=CC(=O)Nc1cc(-c2nn(C3CCN(CCNC(=O)C(C)CCC45CC6CC7CC(C4)C765)CC3)c3ncnc(N)c23)ccc1Oc1ccccc1. The van der Waals surface area contributed by atoms with Gasteiger partial charge >= 0.3 is 0 Å². The molecule has 11 heteroatoms. The smallest absolute Gasteiger partial charge is 0.247 e. The highest BCUT2D eigenvalue weighted by atomic mass is 16.5. The Hall–Kier alpha value is -4.77. The first-order valence-corrected chi connectivity index (χ1v) is 19.1. The summed E-state index contributed by atoms with van der Waals surface area (Å²) in [6, 6.07) is 15.1. The zero-order valence-electron chi connectivity index (χ0n) is 29.9. The molecular weight excluding hydrogens is 653 g/mol. The average Bonchev–Trinajstić information content (AvgIpc) is 3.52. The molecule has 1 spiro atoms. The predicted octanol–water partition coefficient (Wildman–Crippen LogP) is 6.60. The Morgan fingerprint density at radius 2 is 1.85 bits per heavy atom. The molecule has 9 rings (SSSR count). The monoisotopic (exact) mass is 700 g/mol. The number of likely N-dealkylation sites (tertiary alicyclic amines) is 1. The molecule has 270 valence electrons. The molecule has 5 fully saturated rings. The van der Waals surface area contributed by atoms with E-state index >= 15 is 0 Å². The summed E-state index contributed by atoms with van der Waals surface area (Å²) in [5.74, 6) is 4.49. The summed E-state index contributed by atoms with van der Waals surface area (Å²) in [6.45, 7) is 9.01. The number of para-hydroxylation sites is 1. The minimum Gasteiger partial charge on any atom is -0.455 e. The first-order chi connectivity index (χ1) is 25.3. The number of nitrogen functional groups attached to an aromatic ring is 1. The summed E-state index contributed by atoms with van der Waals surface area (Å²) in [4.78, 5) is 36.8. The number of benzene rings is 2. The maximum atomic E-state index is 13.0. The van der Waals surface area contributed by atoms with Crippen molar-refractivity contribution in [1.82, 2.24) is 30.0 Å². The second-order valence-corrected chi connectivity index (χ2v) is 16.1. The van der Waals surface area contributed by atoms with Crippen molar-refractivity contribution in [2.45, 2.75) is 64.3 Å². The van der Waals surface area contributed by atoms with E-state index < -0.39 is 0 Å². The molecule has 3 atom stereocenters. The third kappa shape index (κ3) is 5.14. The number of fused-ring (bicyclic) bond motifs is 1. The molecule has 2 amide bonds. The third-order valence-corrected chi connectivity index (χ3v) is 13.7. The van der Waals surface area contributed by atoms with Crippen molar-refractivity contribution < 1.29 is 14.3 Å². The standard InChI is InChI=1S/C41H48N8O3/c1-3-34(50)46-32-19-26(9-10-33(32)52-31-7-5-4-6-8-31)36-35-37(42)44-24-45-38(35)49(47-36)30-12-16-48(17-13-30)18-15-43-39(51)25(2)11-14-40-22-28-20-27-21-29(23-40)41(27,28)40/h3-10,19,24-25,27-30H,1,11-18,20-23H2,2H3,(H,43,51)(H,46,50)(H2,42,44,45). The van der Waals surface area contributed by atoms with Crippen LogP contribution in [0.5, 0.6) is 11.5 Å². The summed E-state index contributed by atoms with van der Waals surface area (Å²) >= 11 is 0. The van der Waals surface area contributed by atoms with Crippen LogP contribution in [0.3, 0.4) is 0 Å². The number of nitrogens with two attached hydrogens (primary N) is 1. The van der Waals surface area contributed by atoms with E-state index in [1.165, 1.54) is 44.5 Å². The molecule has 2 aromatic carbocycles. The predicted molar refractivity (Wildman–Crippen MR) is 200 cm³/mol. The van der Waals surface area contributed by atoms with Crippen LogP contribution in [0.1, 0.15) is 64.3 Å². The summed E-state index contributed by atoms with van der Waals surface area (Å²) in [5.41, 5.74) is 10.4. The minimum atomic E-state index is -0.355. The summed E-state index contributed by atoms with van der Waals surface area (Å²) < 4.78 is 8.11. The fourth-order valence-electron chi connectivity index (χ4n) is 11.2. The van der Waals surface area contributed by atoms with Gasteiger partial charge in [-0.2, -0.15) is 5.10 Å². The zero-order valence-corrected chi connectivity index (χ0v) is 29.9. The van der Waals surface area contributed by atoms with Crippen molar-refractivity contribution >= 4 is 34.4 Å². The number of anilines is 2. The van der Waals surface area contributed by atoms with Gasteiger partial charge in [-0.3, -0.25) is 9.59 Å². The molecule has 5 aliphatic rings. The Bertz CT molecular complexity index is 2010. The van der Waals surface area contributed by atoms with Crippen molar-refractivity contribution in [3.05, 3.63) is 67.5 Å². The van der Waals surface area contributed by atoms with Gasteiger partial charge in [0.2, 0.25) is 11.8 Å². The van der Waals surface area contributed by atoms with E-state index in [1.807, 2.05) is 53.2 Å². The number of aromatic nitrogens is 4. The van der Waals surface area contributed by atoms with Gasteiger partial charge in [0, 0.05) is 37.7 Å². The molecular formula is C41H48N8O3. The number of hydrogen-bond acceptors (Lipinski definition) is 8. The first-order valence-electron chi connectivity index (χ1n) is 19.1. The Morgan fingerprint density at radius 3 is 2.56 bits per heavy atom. The molecule has 3 unspecified atom stereocenters. The van der Waals surface area contributed by atoms with Crippen LogP contribution in [0.15, 0.2) is 67.5 Å². The highest BCUT2D eigenvalue weighted by Crippen LogP contribution is 2.93. The van der Waals surface area contributed by atoms with Crippen LogP contribution in [0.4, 0.5) is 11.5 Å². The molecule has 4 aliphatic carbocycles. The normalized spacial score (nSPS) is 27.8. The number of hydrogen-bond donors (Lipinski definition) is 3. The molecule has 4 aromatic rings. The quantitative estimate of drug-likeness (QED) is 0.133. The number of amides is 2. The molecule has 0 radical (unpaired) electrons. The van der Waals surface area contributed by atoms with Crippen LogP contribution < -0.4 is 21.1 Å².